The van der Waals surface area contributed by atoms with Gasteiger partial charge < -0.3 is 9.47 Å². The van der Waals surface area contributed by atoms with Crippen molar-refractivity contribution in [1.82, 2.24) is 10.3 Å². The van der Waals surface area contributed by atoms with Gasteiger partial charge in [-0.2, -0.15) is 0 Å². The Morgan fingerprint density at radius 3 is 2.87 bits per heavy atom. The van der Waals surface area contributed by atoms with Crippen LogP contribution in [0.1, 0.15) is 37.9 Å². The molecule has 3 heterocycles. The van der Waals surface area contributed by atoms with Gasteiger partial charge >= 0.3 is 0 Å². The van der Waals surface area contributed by atoms with Gasteiger partial charge in [-0.1, -0.05) is 65.7 Å². The van der Waals surface area contributed by atoms with E-state index in [-0.39, 0.29) is 12.7 Å². The van der Waals surface area contributed by atoms with Crippen LogP contribution in [0, 0.1) is 0 Å². The van der Waals surface area contributed by atoms with Crippen LogP contribution < -0.4 is 25.4 Å². The Balaban J connectivity index is 1.60. The van der Waals surface area contributed by atoms with E-state index in [0.717, 1.165) is 45.6 Å². The van der Waals surface area contributed by atoms with Crippen LogP contribution in [0.5, 0.6) is 11.5 Å². The first-order valence-electron chi connectivity index (χ1n) is 10.2. The molecule has 0 unspecified atom stereocenters. The number of unbranched alkanes of at least 4 members (excludes halogenated alkanes) is 2. The topological polar surface area (TPSA) is 75.5 Å². The second-order valence-corrected chi connectivity index (χ2v) is 9.29. The number of para-hydroxylation sites is 1. The Labute approximate surface area is 192 Å². The van der Waals surface area contributed by atoms with E-state index in [1.165, 1.54) is 0 Å². The lowest BCUT2D eigenvalue weighted by Crippen LogP contribution is -2.50. The van der Waals surface area contributed by atoms with Crippen LogP contribution in [0.4, 0.5) is 0 Å². The van der Waals surface area contributed by atoms with Crippen molar-refractivity contribution in [2.24, 2.45) is 10.1 Å². The fourth-order valence-electron chi connectivity index (χ4n) is 3.75. The summed E-state index contributed by atoms with van der Waals surface area (Å²) in [7, 11) is 0. The van der Waals surface area contributed by atoms with Gasteiger partial charge in [0.25, 0.3) is 5.91 Å². The number of halogens is 1. The highest BCUT2D eigenvalue weighted by molar-refractivity contribution is 9.10. The van der Waals surface area contributed by atoms with Gasteiger partial charge in [0, 0.05) is 21.0 Å². The van der Waals surface area contributed by atoms with Crippen molar-refractivity contribution in [3.05, 3.63) is 57.0 Å². The van der Waals surface area contributed by atoms with Crippen LogP contribution in [-0.2, 0) is 4.79 Å². The van der Waals surface area contributed by atoms with Crippen molar-refractivity contribution < 1.29 is 14.3 Å². The molecule has 0 spiro atoms. The van der Waals surface area contributed by atoms with E-state index in [0.29, 0.717) is 22.4 Å². The van der Waals surface area contributed by atoms with Gasteiger partial charge in [0.1, 0.15) is 5.70 Å². The molecule has 3 aliphatic rings. The third kappa shape index (κ3) is 3.80. The summed E-state index contributed by atoms with van der Waals surface area (Å²) in [4.78, 5) is 18.1. The Morgan fingerprint density at radius 1 is 1.23 bits per heavy atom. The Kier molecular flexibility index (Phi) is 5.62. The minimum atomic E-state index is -0.508. The van der Waals surface area contributed by atoms with Gasteiger partial charge in [0.15, 0.2) is 22.8 Å². The summed E-state index contributed by atoms with van der Waals surface area (Å²) in [6.07, 6.45) is 2.88. The number of rotatable bonds is 5. The molecule has 1 atom stereocenters. The predicted octanol–water partition coefficient (Wildman–Crippen LogP) is 3.24. The van der Waals surface area contributed by atoms with Gasteiger partial charge in [0.05, 0.1) is 5.36 Å². The number of ether oxygens (including phenoxy) is 2. The average molecular weight is 501 g/mol. The molecule has 3 aliphatic heterocycles. The molecule has 0 aromatic heterocycles. The minimum Gasteiger partial charge on any atom is -0.454 e. The smallest absolute Gasteiger partial charge is 0.276 e. The van der Waals surface area contributed by atoms with Gasteiger partial charge in [-0.25, -0.2) is 5.01 Å². The lowest BCUT2D eigenvalue weighted by molar-refractivity contribution is -0.116. The van der Waals surface area contributed by atoms with Crippen LogP contribution in [0.15, 0.2) is 51.0 Å². The highest BCUT2D eigenvalue weighted by Gasteiger charge is 2.36. The molecule has 31 heavy (non-hydrogen) atoms. The van der Waals surface area contributed by atoms with E-state index in [4.69, 9.17) is 19.6 Å². The standard InChI is InChI=1S/C22H21BrN4O3S/c1-2-3-6-9-31-22-25-21(28)19-13-7-4-5-8-16(13)24-20(27(19)26-22)14-10-17-18(11-15(14)23)30-12-29-17/h4-5,7-8,10-11,20H,2-3,6,9,12H2,1H3,(H,25,26,28)/t20-/m0/s1. The van der Waals surface area contributed by atoms with Crippen LogP contribution in [0.25, 0.3) is 5.70 Å². The summed E-state index contributed by atoms with van der Waals surface area (Å²) in [6.45, 7) is 2.36. The van der Waals surface area contributed by atoms with Crippen LogP contribution in [-0.4, -0.2) is 28.6 Å². The van der Waals surface area contributed by atoms with E-state index in [9.17, 15) is 4.79 Å². The van der Waals surface area contributed by atoms with Crippen LogP contribution >= 0.6 is 27.7 Å². The number of hydrogen-bond donors (Lipinski definition) is 1. The number of nitrogens with one attached hydrogen (secondary N) is 1. The van der Waals surface area contributed by atoms with Crippen molar-refractivity contribution in [3.8, 4) is 11.5 Å². The summed E-state index contributed by atoms with van der Waals surface area (Å²) in [6, 6.07) is 11.4. The molecule has 0 radical (unpaired) electrons. The molecular weight excluding hydrogens is 480 g/mol. The zero-order valence-electron chi connectivity index (χ0n) is 16.9. The first-order chi connectivity index (χ1) is 15.2. The second kappa shape index (κ2) is 8.55. The molecule has 7 nitrogen and oxygen atoms in total. The molecule has 9 heteroatoms. The summed E-state index contributed by atoms with van der Waals surface area (Å²) in [5.74, 6) is 2.08. The van der Waals surface area contributed by atoms with Gasteiger partial charge in [-0.05, 0) is 24.6 Å². The van der Waals surface area contributed by atoms with Crippen LogP contribution in [0.3, 0.4) is 0 Å². The first-order valence-corrected chi connectivity index (χ1v) is 12.0. The Morgan fingerprint density at radius 2 is 2.03 bits per heavy atom. The van der Waals surface area contributed by atoms with Gasteiger partial charge in [-0.3, -0.25) is 15.1 Å². The van der Waals surface area contributed by atoms with Crippen molar-refractivity contribution >= 4 is 44.5 Å². The zero-order valence-corrected chi connectivity index (χ0v) is 19.3. The predicted molar refractivity (Wildman–Crippen MR) is 123 cm³/mol. The maximum Gasteiger partial charge on any atom is 0.276 e. The molecule has 0 saturated heterocycles. The van der Waals surface area contributed by atoms with E-state index in [1.807, 2.05) is 36.4 Å². The second-order valence-electron chi connectivity index (χ2n) is 7.35. The highest BCUT2D eigenvalue weighted by atomic mass is 79.9. The largest absolute Gasteiger partial charge is 0.454 e. The third-order valence-electron chi connectivity index (χ3n) is 5.27. The van der Waals surface area contributed by atoms with E-state index >= 15 is 0 Å². The number of hydrazone groups is 1. The maximum atomic E-state index is 13.2. The Bertz CT molecular complexity index is 1200. The molecule has 5 rings (SSSR count). The fraction of sp³-hybridized carbons (Fsp3) is 0.318. The molecule has 0 fully saturated rings. The van der Waals surface area contributed by atoms with Crippen molar-refractivity contribution in [2.75, 3.05) is 12.5 Å². The molecule has 1 N–H and O–H groups in total. The van der Waals surface area contributed by atoms with Crippen LogP contribution in [0.2, 0.25) is 0 Å². The molecule has 160 valence electrons. The third-order valence-corrected chi connectivity index (χ3v) is 6.91. The zero-order chi connectivity index (χ0) is 21.4. The summed E-state index contributed by atoms with van der Waals surface area (Å²) >= 11 is 5.21. The summed E-state index contributed by atoms with van der Waals surface area (Å²) < 4.78 is 11.9. The maximum absolute atomic E-state index is 13.2. The molecule has 0 saturated carbocycles. The van der Waals surface area contributed by atoms with Gasteiger partial charge in [0.2, 0.25) is 6.79 Å². The minimum absolute atomic E-state index is 0.169. The highest BCUT2D eigenvalue weighted by Crippen LogP contribution is 2.42. The molecule has 1 amide bonds. The fourth-order valence-corrected chi connectivity index (χ4v) is 5.13. The van der Waals surface area contributed by atoms with Gasteiger partial charge in [-0.15, -0.1) is 5.10 Å². The number of carbonyl (C=O) groups is 1. The number of amidine groups is 1. The number of fused-ring (bicyclic) bond motifs is 3. The lowest BCUT2D eigenvalue weighted by Gasteiger charge is -2.34. The molecular formula is C22H21BrN4O3S. The molecule has 0 bridgehead atoms. The molecule has 2 aromatic rings. The van der Waals surface area contributed by atoms with Crippen molar-refractivity contribution in [1.29, 1.82) is 0 Å². The van der Waals surface area contributed by atoms with E-state index in [1.54, 1.807) is 16.8 Å². The number of carbonyl (C=O) groups excluding carboxylic acids is 1. The SMILES string of the molecule is CCCCCSC1=NN2C(=c3ccccc3=N[C@@H]2c2cc3c(cc2Br)OCO3)C(=O)N1. The quantitative estimate of drug-likeness (QED) is 0.637. The van der Waals surface area contributed by atoms with Crippen molar-refractivity contribution in [3.63, 3.8) is 0 Å². The monoisotopic (exact) mass is 500 g/mol. The number of nitrogens with zero attached hydrogens (tertiary/aromatic N) is 3. The summed E-state index contributed by atoms with van der Waals surface area (Å²) in [5, 5.41) is 11.6. The number of hydrogen-bond acceptors (Lipinski definition) is 7. The Hall–Kier alpha value is -2.52. The number of amides is 1. The van der Waals surface area contributed by atoms with Crippen molar-refractivity contribution in [2.45, 2.75) is 32.4 Å². The number of benzene rings is 2. The molecule has 2 aromatic carbocycles. The average Bonchev–Trinajstić information content (AvgIpc) is 3.22. The first kappa shape index (κ1) is 20.4. The van der Waals surface area contributed by atoms with E-state index in [2.05, 4.69) is 28.2 Å². The number of thioether (sulfide) groups is 1. The molecule has 0 aliphatic carbocycles. The normalized spacial score (nSPS) is 18.7. The lowest BCUT2D eigenvalue weighted by atomic mass is 10.1. The summed E-state index contributed by atoms with van der Waals surface area (Å²) in [5.41, 5.74) is 1.35. The van der Waals surface area contributed by atoms with E-state index < -0.39 is 6.17 Å².